The van der Waals surface area contributed by atoms with Gasteiger partial charge in [0, 0.05) is 0 Å². The summed E-state index contributed by atoms with van der Waals surface area (Å²) in [5, 5.41) is 1.98. The molecule has 0 amide bonds. The van der Waals surface area contributed by atoms with Crippen molar-refractivity contribution in [1.82, 2.24) is 0 Å². The zero-order valence-corrected chi connectivity index (χ0v) is 10.7. The Hall–Kier alpha value is 0.380. The van der Waals surface area contributed by atoms with Crippen molar-refractivity contribution in [3.63, 3.8) is 0 Å². The Kier molecular flexibility index (Phi) is 4.86. The minimum absolute atomic E-state index is 0.465. The standard InChI is InChI=1S/C10H10Cl4/c1-2-3-4-6-9(13)7(11)5-8(12)10(6)14/h5H,2-4H2,1H3. The highest BCUT2D eigenvalue weighted by Gasteiger charge is 2.12. The van der Waals surface area contributed by atoms with Crippen LogP contribution in [0.3, 0.4) is 0 Å². The number of rotatable bonds is 3. The summed E-state index contributed by atoms with van der Waals surface area (Å²) in [7, 11) is 0. The van der Waals surface area contributed by atoms with E-state index in [1.165, 1.54) is 0 Å². The SMILES string of the molecule is CCCCc1c(Cl)c(Cl)cc(Cl)c1Cl. The number of unbranched alkanes of at least 4 members (excludes halogenated alkanes) is 1. The fourth-order valence-electron chi connectivity index (χ4n) is 1.20. The van der Waals surface area contributed by atoms with Gasteiger partial charge in [-0.05, 0) is 24.5 Å². The molecule has 1 rings (SSSR count). The third-order valence-electron chi connectivity index (χ3n) is 1.98. The maximum absolute atomic E-state index is 6.03. The molecule has 0 spiro atoms. The van der Waals surface area contributed by atoms with E-state index in [2.05, 4.69) is 6.92 Å². The molecule has 0 saturated carbocycles. The molecule has 0 atom stereocenters. The number of benzene rings is 1. The lowest BCUT2D eigenvalue weighted by Crippen LogP contribution is -1.90. The summed E-state index contributed by atoms with van der Waals surface area (Å²) in [5.74, 6) is 0. The van der Waals surface area contributed by atoms with Crippen LogP contribution in [0.15, 0.2) is 6.07 Å². The molecule has 1 aromatic carbocycles. The summed E-state index contributed by atoms with van der Waals surface area (Å²) in [6.45, 7) is 2.11. The number of hydrogen-bond donors (Lipinski definition) is 0. The molecule has 0 aromatic heterocycles. The average molecular weight is 272 g/mol. The van der Waals surface area contributed by atoms with Crippen LogP contribution in [-0.4, -0.2) is 0 Å². The van der Waals surface area contributed by atoms with Crippen molar-refractivity contribution in [1.29, 1.82) is 0 Å². The Morgan fingerprint density at radius 3 is 1.93 bits per heavy atom. The van der Waals surface area contributed by atoms with Crippen LogP contribution in [0.2, 0.25) is 20.1 Å². The minimum atomic E-state index is 0.465. The van der Waals surface area contributed by atoms with E-state index in [4.69, 9.17) is 46.4 Å². The third-order valence-corrected chi connectivity index (χ3v) is 3.64. The van der Waals surface area contributed by atoms with E-state index in [1.54, 1.807) is 6.07 Å². The van der Waals surface area contributed by atoms with Crippen molar-refractivity contribution in [3.05, 3.63) is 31.7 Å². The molecule has 0 heterocycles. The molecule has 0 aliphatic carbocycles. The molecule has 0 unspecified atom stereocenters. The minimum Gasteiger partial charge on any atom is -0.0826 e. The van der Waals surface area contributed by atoms with Crippen LogP contribution in [0.25, 0.3) is 0 Å². The lowest BCUT2D eigenvalue weighted by molar-refractivity contribution is 0.795. The summed E-state index contributed by atoms with van der Waals surface area (Å²) in [5.41, 5.74) is 0.854. The van der Waals surface area contributed by atoms with Gasteiger partial charge in [0.25, 0.3) is 0 Å². The molecular formula is C10H10Cl4. The summed E-state index contributed by atoms with van der Waals surface area (Å²) in [6, 6.07) is 1.57. The Labute approximate surface area is 104 Å². The van der Waals surface area contributed by atoms with Crippen LogP contribution in [0, 0.1) is 0 Å². The molecule has 0 nitrogen and oxygen atoms in total. The van der Waals surface area contributed by atoms with E-state index in [0.29, 0.717) is 20.1 Å². The Morgan fingerprint density at radius 1 is 1.00 bits per heavy atom. The van der Waals surface area contributed by atoms with Crippen LogP contribution in [-0.2, 0) is 6.42 Å². The van der Waals surface area contributed by atoms with E-state index in [0.717, 1.165) is 24.8 Å². The van der Waals surface area contributed by atoms with Crippen molar-refractivity contribution in [2.75, 3.05) is 0 Å². The maximum atomic E-state index is 6.03. The summed E-state index contributed by atoms with van der Waals surface area (Å²) >= 11 is 23.9. The predicted molar refractivity (Wildman–Crippen MR) is 65.1 cm³/mol. The zero-order valence-electron chi connectivity index (χ0n) is 7.71. The maximum Gasteiger partial charge on any atom is 0.0640 e. The van der Waals surface area contributed by atoms with Gasteiger partial charge < -0.3 is 0 Å². The van der Waals surface area contributed by atoms with Gasteiger partial charge in [-0.3, -0.25) is 0 Å². The van der Waals surface area contributed by atoms with Gasteiger partial charge in [-0.25, -0.2) is 0 Å². The molecule has 14 heavy (non-hydrogen) atoms. The molecule has 0 bridgehead atoms. The van der Waals surface area contributed by atoms with Gasteiger partial charge in [0.1, 0.15) is 0 Å². The van der Waals surface area contributed by atoms with E-state index in [1.807, 2.05) is 0 Å². The lowest BCUT2D eigenvalue weighted by atomic mass is 10.1. The smallest absolute Gasteiger partial charge is 0.0640 e. The van der Waals surface area contributed by atoms with Gasteiger partial charge in [0.15, 0.2) is 0 Å². The first-order chi connectivity index (χ1) is 6.57. The molecule has 0 fully saturated rings. The second-order valence-corrected chi connectivity index (χ2v) is 4.62. The first kappa shape index (κ1) is 12.4. The van der Waals surface area contributed by atoms with Gasteiger partial charge in [0.2, 0.25) is 0 Å². The number of halogens is 4. The first-order valence-corrected chi connectivity index (χ1v) is 5.91. The Morgan fingerprint density at radius 2 is 1.50 bits per heavy atom. The van der Waals surface area contributed by atoms with Gasteiger partial charge in [-0.2, -0.15) is 0 Å². The van der Waals surface area contributed by atoms with E-state index in [9.17, 15) is 0 Å². The van der Waals surface area contributed by atoms with Crippen molar-refractivity contribution in [3.8, 4) is 0 Å². The molecular weight excluding hydrogens is 262 g/mol. The summed E-state index contributed by atoms with van der Waals surface area (Å²) in [6.07, 6.45) is 2.92. The summed E-state index contributed by atoms with van der Waals surface area (Å²) < 4.78 is 0. The Balaban J connectivity index is 3.11. The second kappa shape index (κ2) is 5.46. The second-order valence-electron chi connectivity index (χ2n) is 3.05. The fraction of sp³-hybridized carbons (Fsp3) is 0.400. The molecule has 0 saturated heterocycles. The highest BCUT2D eigenvalue weighted by Crippen LogP contribution is 2.37. The van der Waals surface area contributed by atoms with Gasteiger partial charge in [0.05, 0.1) is 20.1 Å². The highest BCUT2D eigenvalue weighted by molar-refractivity contribution is 6.48. The lowest BCUT2D eigenvalue weighted by Gasteiger charge is -2.09. The van der Waals surface area contributed by atoms with Crippen molar-refractivity contribution < 1.29 is 0 Å². The molecule has 4 heteroatoms. The van der Waals surface area contributed by atoms with Crippen LogP contribution in [0.1, 0.15) is 25.3 Å². The zero-order chi connectivity index (χ0) is 10.7. The molecule has 78 valence electrons. The normalized spacial score (nSPS) is 10.6. The molecule has 0 N–H and O–H groups in total. The molecule has 1 aromatic rings. The van der Waals surface area contributed by atoms with Crippen LogP contribution >= 0.6 is 46.4 Å². The highest BCUT2D eigenvalue weighted by atomic mass is 35.5. The van der Waals surface area contributed by atoms with E-state index < -0.39 is 0 Å². The monoisotopic (exact) mass is 270 g/mol. The number of hydrogen-bond acceptors (Lipinski definition) is 0. The Bertz CT molecular complexity index is 307. The third kappa shape index (κ3) is 2.70. The van der Waals surface area contributed by atoms with Gasteiger partial charge >= 0.3 is 0 Å². The topological polar surface area (TPSA) is 0 Å². The largest absolute Gasteiger partial charge is 0.0826 e. The molecule has 0 radical (unpaired) electrons. The van der Waals surface area contributed by atoms with Crippen LogP contribution in [0.4, 0.5) is 0 Å². The van der Waals surface area contributed by atoms with Crippen LogP contribution < -0.4 is 0 Å². The molecule has 0 aliphatic heterocycles. The molecule has 0 aliphatic rings. The van der Waals surface area contributed by atoms with Crippen molar-refractivity contribution >= 4 is 46.4 Å². The van der Waals surface area contributed by atoms with E-state index >= 15 is 0 Å². The quantitative estimate of drug-likeness (QED) is 0.624. The predicted octanol–water partition coefficient (Wildman–Crippen LogP) is 5.64. The van der Waals surface area contributed by atoms with Crippen molar-refractivity contribution in [2.45, 2.75) is 26.2 Å². The average Bonchev–Trinajstić information content (AvgIpc) is 2.15. The van der Waals surface area contributed by atoms with E-state index in [-0.39, 0.29) is 0 Å². The summed E-state index contributed by atoms with van der Waals surface area (Å²) in [4.78, 5) is 0. The first-order valence-electron chi connectivity index (χ1n) is 4.39. The van der Waals surface area contributed by atoms with Crippen molar-refractivity contribution in [2.24, 2.45) is 0 Å². The van der Waals surface area contributed by atoms with Gasteiger partial charge in [-0.15, -0.1) is 0 Å². The van der Waals surface area contributed by atoms with Gasteiger partial charge in [-0.1, -0.05) is 59.7 Å². The fourth-order valence-corrected chi connectivity index (χ4v) is 2.23. The van der Waals surface area contributed by atoms with Crippen LogP contribution in [0.5, 0.6) is 0 Å².